The highest BCUT2D eigenvalue weighted by atomic mass is 35.5. The lowest BCUT2D eigenvalue weighted by atomic mass is 10.3. The zero-order valence-corrected chi connectivity index (χ0v) is 12.9. The molecule has 108 valence electrons. The van der Waals surface area contributed by atoms with Gasteiger partial charge >= 0.3 is 0 Å². The van der Waals surface area contributed by atoms with Gasteiger partial charge in [-0.15, -0.1) is 11.3 Å². The van der Waals surface area contributed by atoms with Gasteiger partial charge in [-0.3, -0.25) is 4.90 Å². The van der Waals surface area contributed by atoms with Gasteiger partial charge in [-0.05, 0) is 37.1 Å². The third-order valence-electron chi connectivity index (χ3n) is 3.51. The van der Waals surface area contributed by atoms with E-state index in [2.05, 4.69) is 22.3 Å². The lowest BCUT2D eigenvalue weighted by Crippen LogP contribution is -2.33. The Hall–Kier alpha value is -0.810. The minimum Gasteiger partial charge on any atom is -0.468 e. The molecule has 0 atom stereocenters. The summed E-state index contributed by atoms with van der Waals surface area (Å²) in [6, 6.07) is 8.80. The molecule has 20 heavy (non-hydrogen) atoms. The predicted molar refractivity (Wildman–Crippen MR) is 83.2 cm³/mol. The van der Waals surface area contributed by atoms with Gasteiger partial charge in [0.15, 0.2) is 0 Å². The minimum absolute atomic E-state index is 0.748. The maximum Gasteiger partial charge on any atom is 0.117 e. The molecule has 0 saturated heterocycles. The van der Waals surface area contributed by atoms with Crippen LogP contribution in [-0.4, -0.2) is 24.0 Å². The fraction of sp³-hybridized carbons (Fsp3) is 0.467. The van der Waals surface area contributed by atoms with Crippen LogP contribution in [0.25, 0.3) is 0 Å². The molecular weight excluding hydrogens is 292 g/mol. The topological polar surface area (TPSA) is 28.4 Å². The molecule has 2 heterocycles. The molecule has 0 aromatic carbocycles. The van der Waals surface area contributed by atoms with Crippen LogP contribution in [0.4, 0.5) is 0 Å². The van der Waals surface area contributed by atoms with Gasteiger partial charge in [-0.25, -0.2) is 0 Å². The highest BCUT2D eigenvalue weighted by Crippen LogP contribution is 2.28. The Morgan fingerprint density at radius 3 is 2.90 bits per heavy atom. The maximum atomic E-state index is 5.93. The Kier molecular flexibility index (Phi) is 4.78. The second-order valence-electron chi connectivity index (χ2n) is 5.16. The van der Waals surface area contributed by atoms with Crippen LogP contribution in [0.5, 0.6) is 0 Å². The van der Waals surface area contributed by atoms with Gasteiger partial charge in [0.25, 0.3) is 0 Å². The fourth-order valence-electron chi connectivity index (χ4n) is 2.31. The Labute approximate surface area is 128 Å². The van der Waals surface area contributed by atoms with Gasteiger partial charge in [0.2, 0.25) is 0 Å². The molecule has 0 spiro atoms. The molecule has 3 nitrogen and oxygen atoms in total. The van der Waals surface area contributed by atoms with E-state index in [1.165, 1.54) is 17.7 Å². The van der Waals surface area contributed by atoms with Gasteiger partial charge in [-0.1, -0.05) is 11.6 Å². The number of thiophene rings is 1. The lowest BCUT2D eigenvalue weighted by molar-refractivity contribution is 0.234. The smallest absolute Gasteiger partial charge is 0.117 e. The molecule has 1 aliphatic carbocycles. The normalized spacial score (nSPS) is 15.1. The van der Waals surface area contributed by atoms with Crippen LogP contribution in [0.1, 0.15) is 23.5 Å². The molecule has 1 saturated carbocycles. The third kappa shape index (κ3) is 4.09. The number of halogens is 1. The molecule has 0 amide bonds. The van der Waals surface area contributed by atoms with Crippen LogP contribution in [0.15, 0.2) is 34.9 Å². The van der Waals surface area contributed by atoms with Crippen LogP contribution in [-0.2, 0) is 13.1 Å². The molecule has 5 heteroatoms. The largest absolute Gasteiger partial charge is 0.468 e. The second kappa shape index (κ2) is 6.76. The van der Waals surface area contributed by atoms with Gasteiger partial charge in [0, 0.05) is 30.6 Å². The molecule has 0 unspecified atom stereocenters. The van der Waals surface area contributed by atoms with E-state index in [1.54, 1.807) is 17.6 Å². The molecule has 0 radical (unpaired) electrons. The standard InChI is InChI=1S/C15H19ClN2OS/c16-15-6-5-14(20-15)10-17-7-8-18(12-3-4-12)11-13-2-1-9-19-13/h1-2,5-6,9,12,17H,3-4,7-8,10-11H2. The number of furan rings is 1. The summed E-state index contributed by atoms with van der Waals surface area (Å²) in [5.74, 6) is 1.06. The molecule has 2 aromatic heterocycles. The number of rotatable bonds is 8. The fourth-order valence-corrected chi connectivity index (χ4v) is 3.37. The van der Waals surface area contributed by atoms with E-state index in [0.717, 1.165) is 42.3 Å². The van der Waals surface area contributed by atoms with Crippen LogP contribution in [0.3, 0.4) is 0 Å². The Balaban J connectivity index is 1.41. The zero-order chi connectivity index (χ0) is 13.8. The number of hydrogen-bond donors (Lipinski definition) is 1. The first kappa shape index (κ1) is 14.1. The Morgan fingerprint density at radius 2 is 2.25 bits per heavy atom. The van der Waals surface area contributed by atoms with Crippen molar-refractivity contribution in [2.45, 2.75) is 32.0 Å². The summed E-state index contributed by atoms with van der Waals surface area (Å²) in [5.41, 5.74) is 0. The summed E-state index contributed by atoms with van der Waals surface area (Å²) < 4.78 is 6.31. The van der Waals surface area contributed by atoms with Crippen molar-refractivity contribution in [3.8, 4) is 0 Å². The molecule has 1 fully saturated rings. The van der Waals surface area contributed by atoms with Crippen molar-refractivity contribution in [1.29, 1.82) is 0 Å². The van der Waals surface area contributed by atoms with Crippen LogP contribution in [0.2, 0.25) is 4.34 Å². The summed E-state index contributed by atoms with van der Waals surface area (Å²) in [7, 11) is 0. The van der Waals surface area contributed by atoms with E-state index in [4.69, 9.17) is 16.0 Å². The summed E-state index contributed by atoms with van der Waals surface area (Å²) >= 11 is 7.57. The molecule has 1 N–H and O–H groups in total. The molecule has 3 rings (SSSR count). The van der Waals surface area contributed by atoms with Gasteiger partial charge in [0.1, 0.15) is 5.76 Å². The van der Waals surface area contributed by atoms with E-state index in [1.807, 2.05) is 12.1 Å². The lowest BCUT2D eigenvalue weighted by Gasteiger charge is -2.20. The van der Waals surface area contributed by atoms with Crippen molar-refractivity contribution in [2.24, 2.45) is 0 Å². The van der Waals surface area contributed by atoms with E-state index < -0.39 is 0 Å². The van der Waals surface area contributed by atoms with E-state index in [9.17, 15) is 0 Å². The number of nitrogens with one attached hydrogen (secondary N) is 1. The summed E-state index contributed by atoms with van der Waals surface area (Å²) in [6.07, 6.45) is 4.39. The van der Waals surface area contributed by atoms with Crippen LogP contribution >= 0.6 is 22.9 Å². The van der Waals surface area contributed by atoms with Gasteiger partial charge < -0.3 is 9.73 Å². The van der Waals surface area contributed by atoms with Gasteiger partial charge in [-0.2, -0.15) is 0 Å². The number of nitrogens with zero attached hydrogens (tertiary/aromatic N) is 1. The van der Waals surface area contributed by atoms with Crippen molar-refractivity contribution in [1.82, 2.24) is 10.2 Å². The first-order chi connectivity index (χ1) is 9.81. The van der Waals surface area contributed by atoms with E-state index in [0.29, 0.717) is 0 Å². The van der Waals surface area contributed by atoms with Crippen LogP contribution in [0, 0.1) is 0 Å². The van der Waals surface area contributed by atoms with Crippen molar-refractivity contribution < 1.29 is 4.42 Å². The second-order valence-corrected chi connectivity index (χ2v) is 6.96. The van der Waals surface area contributed by atoms with Crippen molar-refractivity contribution >= 4 is 22.9 Å². The Morgan fingerprint density at radius 1 is 1.35 bits per heavy atom. The summed E-state index contributed by atoms with van der Waals surface area (Å²) in [6.45, 7) is 3.87. The van der Waals surface area contributed by atoms with E-state index >= 15 is 0 Å². The minimum atomic E-state index is 0.748. The highest BCUT2D eigenvalue weighted by Gasteiger charge is 2.28. The molecule has 0 aliphatic heterocycles. The molecular formula is C15H19ClN2OS. The van der Waals surface area contributed by atoms with Crippen LogP contribution < -0.4 is 5.32 Å². The van der Waals surface area contributed by atoms with E-state index in [-0.39, 0.29) is 0 Å². The van der Waals surface area contributed by atoms with Crippen molar-refractivity contribution in [3.05, 3.63) is 45.5 Å². The summed E-state index contributed by atoms with van der Waals surface area (Å²) in [5, 5.41) is 3.49. The molecule has 0 bridgehead atoms. The number of hydrogen-bond acceptors (Lipinski definition) is 4. The Bertz CT molecular complexity index is 522. The SMILES string of the molecule is Clc1ccc(CNCCN(Cc2ccco2)C2CC2)s1. The predicted octanol–water partition coefficient (Wildman–Crippen LogP) is 3.75. The third-order valence-corrected chi connectivity index (χ3v) is 4.74. The first-order valence-corrected chi connectivity index (χ1v) is 8.22. The van der Waals surface area contributed by atoms with Crippen molar-refractivity contribution in [3.63, 3.8) is 0 Å². The first-order valence-electron chi connectivity index (χ1n) is 7.02. The molecule has 1 aliphatic rings. The maximum absolute atomic E-state index is 5.93. The van der Waals surface area contributed by atoms with Crippen molar-refractivity contribution in [2.75, 3.05) is 13.1 Å². The average Bonchev–Trinajstić information content (AvgIpc) is 3.00. The zero-order valence-electron chi connectivity index (χ0n) is 11.3. The molecule has 2 aromatic rings. The summed E-state index contributed by atoms with van der Waals surface area (Å²) in [4.78, 5) is 3.80. The highest BCUT2D eigenvalue weighted by molar-refractivity contribution is 7.16. The quantitative estimate of drug-likeness (QED) is 0.753. The monoisotopic (exact) mass is 310 g/mol. The average molecular weight is 311 g/mol. The van der Waals surface area contributed by atoms with Gasteiger partial charge in [0.05, 0.1) is 17.1 Å².